The lowest BCUT2D eigenvalue weighted by Gasteiger charge is -2.18. The number of aliphatic carboxylic acids is 1. The minimum atomic E-state index is -0.842. The first-order chi connectivity index (χ1) is 9.01. The van der Waals surface area contributed by atoms with Crippen LogP contribution in [-0.2, 0) is 14.4 Å². The van der Waals surface area contributed by atoms with Gasteiger partial charge in [-0.25, -0.2) is 0 Å². The number of hydrogen-bond donors (Lipinski definition) is 2. The topological polar surface area (TPSA) is 86.7 Å². The van der Waals surface area contributed by atoms with Crippen molar-refractivity contribution in [1.29, 1.82) is 0 Å². The first-order valence-corrected chi connectivity index (χ1v) is 6.77. The predicted octanol–water partition coefficient (Wildman–Crippen LogP) is 1.01. The Kier molecular flexibility index (Phi) is 9.48. The molecule has 0 bridgehead atoms. The third kappa shape index (κ3) is 9.04. The smallest absolute Gasteiger partial charge is 0.303 e. The van der Waals surface area contributed by atoms with Crippen molar-refractivity contribution in [2.45, 2.75) is 46.0 Å². The van der Waals surface area contributed by atoms with Crippen molar-refractivity contribution < 1.29 is 19.5 Å². The number of carbonyl (C=O) groups excluding carboxylic acids is 2. The van der Waals surface area contributed by atoms with Crippen LogP contribution in [0, 0.1) is 0 Å². The fraction of sp³-hybridized carbons (Fsp3) is 0.769. The molecule has 0 aromatic heterocycles. The number of hydrogen-bond acceptors (Lipinski definition) is 3. The number of rotatable bonds is 10. The second kappa shape index (κ2) is 10.3. The summed E-state index contributed by atoms with van der Waals surface area (Å²) in [4.78, 5) is 35.0. The van der Waals surface area contributed by atoms with Gasteiger partial charge in [-0.2, -0.15) is 0 Å². The number of carboxylic acids is 1. The second-order valence-corrected chi connectivity index (χ2v) is 4.27. The standard InChI is InChI=1S/C13H24N2O4/c1-3-15(4-2)12(17)9-10-14-11(16)7-5-6-8-13(18)19/h3-10H2,1-2H3,(H,14,16)(H,18,19). The largest absolute Gasteiger partial charge is 0.481 e. The molecule has 110 valence electrons. The third-order valence-electron chi connectivity index (χ3n) is 2.82. The van der Waals surface area contributed by atoms with E-state index in [1.54, 1.807) is 4.90 Å². The van der Waals surface area contributed by atoms with Gasteiger partial charge in [0.05, 0.1) is 0 Å². The van der Waals surface area contributed by atoms with E-state index < -0.39 is 5.97 Å². The summed E-state index contributed by atoms with van der Waals surface area (Å²) in [6.45, 7) is 5.54. The average molecular weight is 272 g/mol. The molecule has 0 aliphatic rings. The van der Waals surface area contributed by atoms with E-state index in [1.165, 1.54) is 0 Å². The van der Waals surface area contributed by atoms with E-state index in [0.717, 1.165) is 0 Å². The minimum Gasteiger partial charge on any atom is -0.481 e. The SMILES string of the molecule is CCN(CC)C(=O)CCNC(=O)CCCCC(=O)O. The number of carboxylic acid groups (broad SMARTS) is 1. The summed E-state index contributed by atoms with van der Waals surface area (Å²) < 4.78 is 0. The molecule has 6 nitrogen and oxygen atoms in total. The van der Waals surface area contributed by atoms with Crippen molar-refractivity contribution in [3.8, 4) is 0 Å². The molecule has 0 aromatic rings. The van der Waals surface area contributed by atoms with Gasteiger partial charge in [0.2, 0.25) is 11.8 Å². The Morgan fingerprint density at radius 2 is 1.58 bits per heavy atom. The highest BCUT2D eigenvalue weighted by molar-refractivity contribution is 5.79. The van der Waals surface area contributed by atoms with Crippen LogP contribution in [-0.4, -0.2) is 47.4 Å². The lowest BCUT2D eigenvalue weighted by atomic mass is 10.2. The molecular weight excluding hydrogens is 248 g/mol. The second-order valence-electron chi connectivity index (χ2n) is 4.27. The molecule has 2 N–H and O–H groups in total. The van der Waals surface area contributed by atoms with Crippen LogP contribution in [0.1, 0.15) is 46.0 Å². The summed E-state index contributed by atoms with van der Waals surface area (Å²) in [6.07, 6.45) is 1.77. The van der Waals surface area contributed by atoms with E-state index in [9.17, 15) is 14.4 Å². The quantitative estimate of drug-likeness (QED) is 0.581. The van der Waals surface area contributed by atoms with Gasteiger partial charge in [0.1, 0.15) is 0 Å². The van der Waals surface area contributed by atoms with Crippen molar-refractivity contribution >= 4 is 17.8 Å². The number of nitrogens with zero attached hydrogens (tertiary/aromatic N) is 1. The zero-order valence-electron chi connectivity index (χ0n) is 11.8. The van der Waals surface area contributed by atoms with Gasteiger partial charge >= 0.3 is 5.97 Å². The molecule has 0 atom stereocenters. The molecule has 0 rings (SSSR count). The Hall–Kier alpha value is -1.59. The predicted molar refractivity (Wildman–Crippen MR) is 71.7 cm³/mol. The fourth-order valence-electron chi connectivity index (χ4n) is 1.69. The van der Waals surface area contributed by atoms with Crippen molar-refractivity contribution in [1.82, 2.24) is 10.2 Å². The fourth-order valence-corrected chi connectivity index (χ4v) is 1.69. The molecule has 0 saturated heterocycles. The van der Waals surface area contributed by atoms with Gasteiger partial charge in [0, 0.05) is 38.9 Å². The first-order valence-electron chi connectivity index (χ1n) is 6.77. The normalized spacial score (nSPS) is 10.0. The Labute approximate surface area is 114 Å². The summed E-state index contributed by atoms with van der Waals surface area (Å²) >= 11 is 0. The van der Waals surface area contributed by atoms with Gasteiger partial charge in [-0.15, -0.1) is 0 Å². The van der Waals surface area contributed by atoms with Crippen LogP contribution in [0.2, 0.25) is 0 Å². The van der Waals surface area contributed by atoms with E-state index in [2.05, 4.69) is 5.32 Å². The zero-order chi connectivity index (χ0) is 14.7. The summed E-state index contributed by atoms with van der Waals surface area (Å²) in [7, 11) is 0. The molecule has 2 amide bonds. The Bertz CT molecular complexity index is 301. The number of amides is 2. The summed E-state index contributed by atoms with van der Waals surface area (Å²) in [5.41, 5.74) is 0. The number of carbonyl (C=O) groups is 3. The monoisotopic (exact) mass is 272 g/mol. The molecule has 0 fully saturated rings. The van der Waals surface area contributed by atoms with Gasteiger partial charge < -0.3 is 15.3 Å². The first kappa shape index (κ1) is 17.4. The summed E-state index contributed by atoms with van der Waals surface area (Å²) in [5.74, 6) is -0.931. The molecule has 6 heteroatoms. The maximum atomic E-state index is 11.6. The highest BCUT2D eigenvalue weighted by Gasteiger charge is 2.09. The lowest BCUT2D eigenvalue weighted by molar-refractivity contribution is -0.137. The molecule has 0 aliphatic carbocycles. The van der Waals surface area contributed by atoms with Gasteiger partial charge in [-0.05, 0) is 26.7 Å². The number of nitrogens with one attached hydrogen (secondary N) is 1. The average Bonchev–Trinajstić information content (AvgIpc) is 2.36. The van der Waals surface area contributed by atoms with E-state index in [0.29, 0.717) is 45.3 Å². The van der Waals surface area contributed by atoms with Crippen LogP contribution in [0.5, 0.6) is 0 Å². The third-order valence-corrected chi connectivity index (χ3v) is 2.82. The van der Waals surface area contributed by atoms with Gasteiger partial charge in [-0.1, -0.05) is 0 Å². The Morgan fingerprint density at radius 1 is 1.00 bits per heavy atom. The molecule has 0 aliphatic heterocycles. The molecule has 0 spiro atoms. The van der Waals surface area contributed by atoms with E-state index in [4.69, 9.17) is 5.11 Å². The van der Waals surface area contributed by atoms with Crippen LogP contribution < -0.4 is 5.32 Å². The van der Waals surface area contributed by atoms with Crippen molar-refractivity contribution in [3.63, 3.8) is 0 Å². The van der Waals surface area contributed by atoms with E-state index in [1.807, 2.05) is 13.8 Å². The van der Waals surface area contributed by atoms with Crippen LogP contribution in [0.25, 0.3) is 0 Å². The van der Waals surface area contributed by atoms with Crippen LogP contribution in [0.15, 0.2) is 0 Å². The maximum Gasteiger partial charge on any atom is 0.303 e. The van der Waals surface area contributed by atoms with Gasteiger partial charge in [0.25, 0.3) is 0 Å². The van der Waals surface area contributed by atoms with Crippen LogP contribution in [0.3, 0.4) is 0 Å². The summed E-state index contributed by atoms with van der Waals surface area (Å²) in [6, 6.07) is 0. The molecule has 0 unspecified atom stereocenters. The molecule has 0 radical (unpaired) electrons. The van der Waals surface area contributed by atoms with Crippen molar-refractivity contribution in [2.75, 3.05) is 19.6 Å². The summed E-state index contributed by atoms with van der Waals surface area (Å²) in [5, 5.41) is 11.1. The molecular formula is C13H24N2O4. The Balaban J connectivity index is 3.63. The van der Waals surface area contributed by atoms with Gasteiger partial charge in [-0.3, -0.25) is 14.4 Å². The molecule has 0 heterocycles. The molecule has 0 aromatic carbocycles. The highest BCUT2D eigenvalue weighted by Crippen LogP contribution is 2.00. The van der Waals surface area contributed by atoms with Crippen molar-refractivity contribution in [2.24, 2.45) is 0 Å². The zero-order valence-corrected chi connectivity index (χ0v) is 11.8. The van der Waals surface area contributed by atoms with Crippen molar-refractivity contribution in [3.05, 3.63) is 0 Å². The molecule has 19 heavy (non-hydrogen) atoms. The van der Waals surface area contributed by atoms with Crippen LogP contribution >= 0.6 is 0 Å². The molecule has 0 saturated carbocycles. The van der Waals surface area contributed by atoms with E-state index >= 15 is 0 Å². The lowest BCUT2D eigenvalue weighted by Crippen LogP contribution is -2.34. The number of unbranched alkanes of at least 4 members (excludes halogenated alkanes) is 1. The maximum absolute atomic E-state index is 11.6. The highest BCUT2D eigenvalue weighted by atomic mass is 16.4. The van der Waals surface area contributed by atoms with Gasteiger partial charge in [0.15, 0.2) is 0 Å². The Morgan fingerprint density at radius 3 is 2.11 bits per heavy atom. The van der Waals surface area contributed by atoms with E-state index in [-0.39, 0.29) is 18.2 Å². The minimum absolute atomic E-state index is 0.0381. The van der Waals surface area contributed by atoms with Crippen LogP contribution in [0.4, 0.5) is 0 Å².